The van der Waals surface area contributed by atoms with Gasteiger partial charge in [0.25, 0.3) is 0 Å². The molecule has 148 valence electrons. The summed E-state index contributed by atoms with van der Waals surface area (Å²) < 4.78 is 5.60. The largest absolute Gasteiger partial charge is 0.444 e. The summed E-state index contributed by atoms with van der Waals surface area (Å²) in [5, 5.41) is 4.47. The van der Waals surface area contributed by atoms with Gasteiger partial charge in [-0.05, 0) is 39.2 Å². The molecule has 1 saturated heterocycles. The van der Waals surface area contributed by atoms with Crippen molar-refractivity contribution in [1.82, 2.24) is 4.90 Å². The summed E-state index contributed by atoms with van der Waals surface area (Å²) in [6.07, 6.45) is 1.44. The van der Waals surface area contributed by atoms with Crippen LogP contribution in [0.15, 0.2) is 65.8 Å². The van der Waals surface area contributed by atoms with Gasteiger partial charge in [-0.1, -0.05) is 65.8 Å². The average Bonchev–Trinajstić information content (AvgIpc) is 3.15. The van der Waals surface area contributed by atoms with E-state index in [1.165, 1.54) is 0 Å². The van der Waals surface area contributed by atoms with Crippen molar-refractivity contribution in [2.75, 3.05) is 6.54 Å². The van der Waals surface area contributed by atoms with E-state index in [-0.39, 0.29) is 12.1 Å². The second-order valence-electron chi connectivity index (χ2n) is 7.93. The number of amides is 1. The predicted molar refractivity (Wildman–Crippen MR) is 110 cm³/mol. The number of rotatable bonds is 5. The highest BCUT2D eigenvalue weighted by atomic mass is 16.6. The molecule has 0 aliphatic carbocycles. The first-order valence-corrected chi connectivity index (χ1v) is 9.73. The molecular weight excluding hydrogens is 352 g/mol. The summed E-state index contributed by atoms with van der Waals surface area (Å²) in [5.41, 5.74) is 2.24. The highest BCUT2D eigenvalue weighted by molar-refractivity contribution is 6.05. The van der Waals surface area contributed by atoms with Crippen molar-refractivity contribution in [2.45, 2.75) is 51.9 Å². The molecule has 0 aromatic heterocycles. The van der Waals surface area contributed by atoms with Gasteiger partial charge in [-0.2, -0.15) is 0 Å². The lowest BCUT2D eigenvalue weighted by Crippen LogP contribution is -2.43. The fourth-order valence-electron chi connectivity index (χ4n) is 3.26. The molecule has 2 aromatic rings. The zero-order chi connectivity index (χ0) is 20.0. The number of nitrogens with zero attached hydrogens (tertiary/aromatic N) is 2. The highest BCUT2D eigenvalue weighted by Crippen LogP contribution is 2.25. The summed E-state index contributed by atoms with van der Waals surface area (Å²) in [6.45, 7) is 6.68. The van der Waals surface area contributed by atoms with Crippen LogP contribution >= 0.6 is 0 Å². The Balaban J connectivity index is 1.81. The third kappa shape index (κ3) is 5.35. The molecular formula is C23H28N2O3. The Morgan fingerprint density at radius 2 is 1.71 bits per heavy atom. The molecule has 0 bridgehead atoms. The standard InChI is InChI=1S/C23H28N2O3/c1-23(2,3)28-22(26)25-16-10-15-20(25)21(19-13-8-5-9-14-19)24-27-17-18-11-6-4-7-12-18/h4-9,11-14,20H,10,15-17H2,1-3H3/b24-21-. The summed E-state index contributed by atoms with van der Waals surface area (Å²) in [7, 11) is 0. The number of carbonyl (C=O) groups excluding carboxylic acids is 1. The first kappa shape index (κ1) is 19.9. The average molecular weight is 380 g/mol. The Kier molecular flexibility index (Phi) is 6.34. The van der Waals surface area contributed by atoms with Gasteiger partial charge in [0.1, 0.15) is 17.9 Å². The van der Waals surface area contributed by atoms with Gasteiger partial charge in [-0.3, -0.25) is 4.90 Å². The number of oxime groups is 1. The van der Waals surface area contributed by atoms with Crippen molar-refractivity contribution >= 4 is 11.8 Å². The number of hydrogen-bond donors (Lipinski definition) is 0. The lowest BCUT2D eigenvalue weighted by atomic mass is 10.0. The van der Waals surface area contributed by atoms with E-state index in [0.29, 0.717) is 13.2 Å². The van der Waals surface area contributed by atoms with Crippen molar-refractivity contribution in [2.24, 2.45) is 5.16 Å². The molecule has 1 heterocycles. The van der Waals surface area contributed by atoms with Crippen LogP contribution in [0.25, 0.3) is 0 Å². The molecule has 3 rings (SSSR count). The Labute approximate surface area is 166 Å². The molecule has 1 aliphatic rings. The normalized spacial score (nSPS) is 17.5. The monoisotopic (exact) mass is 380 g/mol. The molecule has 1 fully saturated rings. The van der Waals surface area contributed by atoms with Crippen molar-refractivity contribution in [1.29, 1.82) is 0 Å². The van der Waals surface area contributed by atoms with Crippen molar-refractivity contribution in [3.8, 4) is 0 Å². The van der Waals surface area contributed by atoms with Gasteiger partial charge < -0.3 is 9.57 Å². The maximum atomic E-state index is 12.7. The van der Waals surface area contributed by atoms with Crippen LogP contribution in [0, 0.1) is 0 Å². The minimum absolute atomic E-state index is 0.159. The van der Waals surface area contributed by atoms with Crippen LogP contribution in [-0.2, 0) is 16.2 Å². The van der Waals surface area contributed by atoms with Gasteiger partial charge in [0.2, 0.25) is 0 Å². The molecule has 1 atom stereocenters. The van der Waals surface area contributed by atoms with Gasteiger partial charge in [-0.25, -0.2) is 4.79 Å². The topological polar surface area (TPSA) is 51.1 Å². The van der Waals surface area contributed by atoms with E-state index >= 15 is 0 Å². The van der Waals surface area contributed by atoms with Crippen molar-refractivity contribution in [3.05, 3.63) is 71.8 Å². The Morgan fingerprint density at radius 3 is 2.36 bits per heavy atom. The number of hydrogen-bond acceptors (Lipinski definition) is 4. The molecule has 1 amide bonds. The van der Waals surface area contributed by atoms with Crippen LogP contribution in [0.1, 0.15) is 44.7 Å². The lowest BCUT2D eigenvalue weighted by Gasteiger charge is -2.29. The molecule has 1 unspecified atom stereocenters. The van der Waals surface area contributed by atoms with Crippen LogP contribution in [-0.4, -0.2) is 34.9 Å². The summed E-state index contributed by atoms with van der Waals surface area (Å²) >= 11 is 0. The summed E-state index contributed by atoms with van der Waals surface area (Å²) in [6, 6.07) is 19.7. The number of likely N-dealkylation sites (tertiary alicyclic amines) is 1. The Morgan fingerprint density at radius 1 is 1.07 bits per heavy atom. The van der Waals surface area contributed by atoms with Crippen LogP contribution in [0.3, 0.4) is 0 Å². The van der Waals surface area contributed by atoms with E-state index in [0.717, 1.165) is 29.7 Å². The van der Waals surface area contributed by atoms with Gasteiger partial charge in [-0.15, -0.1) is 0 Å². The first-order chi connectivity index (χ1) is 13.4. The van der Waals surface area contributed by atoms with Gasteiger partial charge in [0.15, 0.2) is 0 Å². The second kappa shape index (κ2) is 8.91. The van der Waals surface area contributed by atoms with E-state index < -0.39 is 5.60 Å². The molecule has 0 N–H and O–H groups in total. The molecule has 0 saturated carbocycles. The van der Waals surface area contributed by atoms with E-state index in [4.69, 9.17) is 9.57 Å². The van der Waals surface area contributed by atoms with Crippen LogP contribution in [0.5, 0.6) is 0 Å². The van der Waals surface area contributed by atoms with E-state index in [1.807, 2.05) is 81.4 Å². The molecule has 5 nitrogen and oxygen atoms in total. The molecule has 0 spiro atoms. The SMILES string of the molecule is CC(C)(C)OC(=O)N1CCCC1/C(=N\OCc1ccccc1)c1ccccc1. The predicted octanol–water partition coefficient (Wildman–Crippen LogP) is 5.01. The van der Waals surface area contributed by atoms with Crippen molar-refractivity contribution in [3.63, 3.8) is 0 Å². The minimum atomic E-state index is -0.530. The molecule has 1 aliphatic heterocycles. The highest BCUT2D eigenvalue weighted by Gasteiger charge is 2.36. The van der Waals surface area contributed by atoms with Crippen LogP contribution in [0.4, 0.5) is 4.79 Å². The fraction of sp³-hybridized carbons (Fsp3) is 0.391. The molecule has 0 radical (unpaired) electrons. The van der Waals surface area contributed by atoms with Gasteiger partial charge in [0, 0.05) is 12.1 Å². The first-order valence-electron chi connectivity index (χ1n) is 9.73. The quantitative estimate of drug-likeness (QED) is 0.541. The third-order valence-corrected chi connectivity index (χ3v) is 4.50. The number of benzene rings is 2. The summed E-state index contributed by atoms with van der Waals surface area (Å²) in [5.74, 6) is 0. The van der Waals surface area contributed by atoms with E-state index in [2.05, 4.69) is 5.16 Å². The van der Waals surface area contributed by atoms with Gasteiger partial charge in [0.05, 0.1) is 6.04 Å². The van der Waals surface area contributed by atoms with Crippen LogP contribution in [0.2, 0.25) is 0 Å². The Hall–Kier alpha value is -2.82. The summed E-state index contributed by atoms with van der Waals surface area (Å²) in [4.78, 5) is 20.2. The molecule has 2 aromatic carbocycles. The maximum Gasteiger partial charge on any atom is 0.410 e. The van der Waals surface area contributed by atoms with Crippen LogP contribution < -0.4 is 0 Å². The van der Waals surface area contributed by atoms with E-state index in [9.17, 15) is 4.79 Å². The smallest absolute Gasteiger partial charge is 0.410 e. The lowest BCUT2D eigenvalue weighted by molar-refractivity contribution is 0.0263. The number of carbonyl (C=O) groups is 1. The zero-order valence-electron chi connectivity index (χ0n) is 16.8. The Bertz CT molecular complexity index is 798. The molecule has 5 heteroatoms. The number of ether oxygens (including phenoxy) is 1. The third-order valence-electron chi connectivity index (χ3n) is 4.50. The molecule has 28 heavy (non-hydrogen) atoms. The van der Waals surface area contributed by atoms with Gasteiger partial charge >= 0.3 is 6.09 Å². The second-order valence-corrected chi connectivity index (χ2v) is 7.93. The zero-order valence-corrected chi connectivity index (χ0v) is 16.8. The van der Waals surface area contributed by atoms with Crippen molar-refractivity contribution < 1.29 is 14.4 Å². The van der Waals surface area contributed by atoms with E-state index in [1.54, 1.807) is 4.90 Å². The maximum absolute atomic E-state index is 12.7. The fourth-order valence-corrected chi connectivity index (χ4v) is 3.26. The minimum Gasteiger partial charge on any atom is -0.444 e.